The van der Waals surface area contributed by atoms with Crippen molar-refractivity contribution in [3.05, 3.63) is 0 Å². The monoisotopic (exact) mass is 331 g/mol. The SMILES string of the molecule is CNCC(=O)N1CCN(C(=O)CCC2CCCCC2)CC1.Cl. The molecule has 0 aromatic heterocycles. The topological polar surface area (TPSA) is 52.7 Å². The second-order valence-electron chi connectivity index (χ2n) is 6.33. The molecular formula is C16H30ClN3O2. The van der Waals surface area contributed by atoms with Gasteiger partial charge in [-0.15, -0.1) is 12.4 Å². The van der Waals surface area contributed by atoms with Gasteiger partial charge in [-0.1, -0.05) is 32.1 Å². The van der Waals surface area contributed by atoms with Crippen LogP contribution in [0.15, 0.2) is 0 Å². The molecule has 128 valence electrons. The van der Waals surface area contributed by atoms with Crippen LogP contribution in [0.5, 0.6) is 0 Å². The highest BCUT2D eigenvalue weighted by Crippen LogP contribution is 2.27. The normalized spacial score (nSPS) is 19.7. The van der Waals surface area contributed by atoms with Gasteiger partial charge in [0.25, 0.3) is 0 Å². The number of piperazine rings is 1. The van der Waals surface area contributed by atoms with Crippen molar-refractivity contribution in [2.75, 3.05) is 39.8 Å². The fraction of sp³-hybridized carbons (Fsp3) is 0.875. The Labute approximate surface area is 140 Å². The third-order valence-corrected chi connectivity index (χ3v) is 4.80. The zero-order chi connectivity index (χ0) is 15.1. The van der Waals surface area contributed by atoms with Gasteiger partial charge in [0.1, 0.15) is 0 Å². The number of nitrogens with one attached hydrogen (secondary N) is 1. The van der Waals surface area contributed by atoms with Crippen molar-refractivity contribution in [2.24, 2.45) is 5.92 Å². The molecule has 6 heteroatoms. The van der Waals surface area contributed by atoms with Crippen LogP contribution in [0.2, 0.25) is 0 Å². The summed E-state index contributed by atoms with van der Waals surface area (Å²) in [6.45, 7) is 3.12. The van der Waals surface area contributed by atoms with E-state index in [1.165, 1.54) is 32.1 Å². The lowest BCUT2D eigenvalue weighted by atomic mass is 9.86. The highest BCUT2D eigenvalue weighted by Gasteiger charge is 2.24. The molecule has 2 amide bonds. The first kappa shape index (κ1) is 19.2. The fourth-order valence-electron chi connectivity index (χ4n) is 3.43. The van der Waals surface area contributed by atoms with E-state index in [0.717, 1.165) is 12.3 Å². The second kappa shape index (κ2) is 10.1. The number of nitrogens with zero attached hydrogens (tertiary/aromatic N) is 2. The molecule has 1 aliphatic carbocycles. The Hall–Kier alpha value is -0.810. The summed E-state index contributed by atoms with van der Waals surface area (Å²) < 4.78 is 0. The number of amides is 2. The van der Waals surface area contributed by atoms with Crippen molar-refractivity contribution in [1.29, 1.82) is 0 Å². The molecule has 0 radical (unpaired) electrons. The van der Waals surface area contributed by atoms with Gasteiger partial charge in [0.15, 0.2) is 0 Å². The van der Waals surface area contributed by atoms with E-state index in [1.54, 1.807) is 7.05 Å². The molecule has 1 saturated carbocycles. The molecule has 2 fully saturated rings. The van der Waals surface area contributed by atoms with Gasteiger partial charge < -0.3 is 15.1 Å². The molecule has 2 aliphatic rings. The molecule has 0 aromatic rings. The first-order valence-electron chi connectivity index (χ1n) is 8.41. The Bertz CT molecular complexity index is 351. The van der Waals surface area contributed by atoms with E-state index in [1.807, 2.05) is 9.80 Å². The Kier molecular flexibility index (Phi) is 8.79. The predicted octanol–water partition coefficient (Wildman–Crippen LogP) is 1.66. The minimum atomic E-state index is 0. The van der Waals surface area contributed by atoms with Gasteiger partial charge >= 0.3 is 0 Å². The van der Waals surface area contributed by atoms with E-state index >= 15 is 0 Å². The molecule has 0 atom stereocenters. The summed E-state index contributed by atoms with van der Waals surface area (Å²) in [4.78, 5) is 27.8. The molecule has 22 heavy (non-hydrogen) atoms. The van der Waals surface area contributed by atoms with Crippen molar-refractivity contribution in [3.8, 4) is 0 Å². The maximum atomic E-state index is 12.3. The minimum absolute atomic E-state index is 0. The summed E-state index contributed by atoms with van der Waals surface area (Å²) in [5, 5.41) is 2.88. The standard InChI is InChI=1S/C16H29N3O2.ClH/c1-17-13-16(21)19-11-9-18(10-12-19)15(20)8-7-14-5-3-2-4-6-14;/h14,17H,2-13H2,1H3;1H. The first-order valence-corrected chi connectivity index (χ1v) is 8.41. The largest absolute Gasteiger partial charge is 0.339 e. The summed E-state index contributed by atoms with van der Waals surface area (Å²) >= 11 is 0. The number of carbonyl (C=O) groups is 2. The van der Waals surface area contributed by atoms with E-state index < -0.39 is 0 Å². The summed E-state index contributed by atoms with van der Waals surface area (Å²) in [6.07, 6.45) is 8.40. The van der Waals surface area contributed by atoms with E-state index in [2.05, 4.69) is 5.32 Å². The van der Waals surface area contributed by atoms with Crippen molar-refractivity contribution >= 4 is 24.2 Å². The third-order valence-electron chi connectivity index (χ3n) is 4.80. The Morgan fingerprint density at radius 3 is 2.05 bits per heavy atom. The van der Waals surface area contributed by atoms with Crippen LogP contribution in [0.25, 0.3) is 0 Å². The molecule has 0 unspecified atom stereocenters. The molecule has 1 N–H and O–H groups in total. The van der Waals surface area contributed by atoms with Gasteiger partial charge in [-0.25, -0.2) is 0 Å². The Balaban J connectivity index is 0.00000242. The van der Waals surface area contributed by atoms with Crippen LogP contribution in [-0.2, 0) is 9.59 Å². The number of rotatable bonds is 5. The van der Waals surface area contributed by atoms with Crippen LogP contribution < -0.4 is 5.32 Å². The Morgan fingerprint density at radius 1 is 0.955 bits per heavy atom. The van der Waals surface area contributed by atoms with E-state index in [9.17, 15) is 9.59 Å². The molecule has 2 rings (SSSR count). The molecule has 1 saturated heterocycles. The van der Waals surface area contributed by atoms with Gasteiger partial charge in [0.05, 0.1) is 6.54 Å². The van der Waals surface area contributed by atoms with Crippen LogP contribution in [-0.4, -0.2) is 61.4 Å². The lowest BCUT2D eigenvalue weighted by Gasteiger charge is -2.35. The number of likely N-dealkylation sites (N-methyl/N-ethyl adjacent to an activating group) is 1. The lowest BCUT2D eigenvalue weighted by molar-refractivity contribution is -0.139. The summed E-state index contributed by atoms with van der Waals surface area (Å²) in [6, 6.07) is 0. The lowest BCUT2D eigenvalue weighted by Crippen LogP contribution is -2.52. The minimum Gasteiger partial charge on any atom is -0.339 e. The zero-order valence-corrected chi connectivity index (χ0v) is 14.5. The van der Waals surface area contributed by atoms with Crippen LogP contribution in [0, 0.1) is 5.92 Å². The quantitative estimate of drug-likeness (QED) is 0.833. The predicted molar refractivity (Wildman–Crippen MR) is 90.1 cm³/mol. The number of hydrogen-bond donors (Lipinski definition) is 1. The first-order chi connectivity index (χ1) is 10.2. The molecule has 1 heterocycles. The zero-order valence-electron chi connectivity index (χ0n) is 13.7. The highest BCUT2D eigenvalue weighted by molar-refractivity contribution is 5.85. The molecule has 0 spiro atoms. The van der Waals surface area contributed by atoms with Crippen molar-refractivity contribution in [3.63, 3.8) is 0 Å². The van der Waals surface area contributed by atoms with Crippen LogP contribution in [0.1, 0.15) is 44.9 Å². The average molecular weight is 332 g/mol. The summed E-state index contributed by atoms with van der Waals surface area (Å²) in [5.74, 6) is 1.18. The van der Waals surface area contributed by atoms with Gasteiger partial charge in [-0.05, 0) is 19.4 Å². The smallest absolute Gasteiger partial charge is 0.236 e. The maximum absolute atomic E-state index is 12.3. The maximum Gasteiger partial charge on any atom is 0.236 e. The molecule has 1 aliphatic heterocycles. The molecule has 0 aromatic carbocycles. The van der Waals surface area contributed by atoms with Crippen LogP contribution in [0.3, 0.4) is 0 Å². The summed E-state index contributed by atoms with van der Waals surface area (Å²) in [7, 11) is 1.78. The third kappa shape index (κ3) is 5.76. The molecular weight excluding hydrogens is 302 g/mol. The van der Waals surface area contributed by atoms with Crippen molar-refractivity contribution in [2.45, 2.75) is 44.9 Å². The summed E-state index contributed by atoms with van der Waals surface area (Å²) in [5.41, 5.74) is 0. The van der Waals surface area contributed by atoms with Gasteiger partial charge in [0, 0.05) is 32.6 Å². The number of hydrogen-bond acceptors (Lipinski definition) is 3. The fourth-order valence-corrected chi connectivity index (χ4v) is 3.43. The van der Waals surface area contributed by atoms with E-state index in [-0.39, 0.29) is 24.2 Å². The molecule has 5 nitrogen and oxygen atoms in total. The van der Waals surface area contributed by atoms with Crippen molar-refractivity contribution < 1.29 is 9.59 Å². The Morgan fingerprint density at radius 2 is 1.50 bits per heavy atom. The molecule has 0 bridgehead atoms. The number of halogens is 1. The van der Waals surface area contributed by atoms with Gasteiger partial charge in [0.2, 0.25) is 11.8 Å². The highest BCUT2D eigenvalue weighted by atomic mass is 35.5. The van der Waals surface area contributed by atoms with Crippen molar-refractivity contribution in [1.82, 2.24) is 15.1 Å². The van der Waals surface area contributed by atoms with Gasteiger partial charge in [-0.3, -0.25) is 9.59 Å². The number of carbonyl (C=O) groups excluding carboxylic acids is 2. The second-order valence-corrected chi connectivity index (χ2v) is 6.33. The average Bonchev–Trinajstić information content (AvgIpc) is 2.54. The van der Waals surface area contributed by atoms with Gasteiger partial charge in [-0.2, -0.15) is 0 Å². The van der Waals surface area contributed by atoms with Crippen LogP contribution >= 0.6 is 12.4 Å². The van der Waals surface area contributed by atoms with Crippen LogP contribution in [0.4, 0.5) is 0 Å². The van der Waals surface area contributed by atoms with E-state index in [0.29, 0.717) is 39.1 Å². The van der Waals surface area contributed by atoms with E-state index in [4.69, 9.17) is 0 Å².